The molecular weight excluding hydrogens is 382 g/mol. The molecule has 2 fully saturated rings. The van der Waals surface area contributed by atoms with Crippen molar-refractivity contribution in [3.63, 3.8) is 0 Å². The second kappa shape index (κ2) is 7.04. The summed E-state index contributed by atoms with van der Waals surface area (Å²) in [5.41, 5.74) is 0.168. The lowest BCUT2D eigenvalue weighted by Crippen LogP contribution is -2.56. The number of carbonyl (C=O) groups excluding carboxylic acids is 3. The minimum atomic E-state index is -1.41. The number of hydrogen-bond donors (Lipinski definition) is 1. The van der Waals surface area contributed by atoms with Gasteiger partial charge in [0, 0.05) is 17.5 Å². The summed E-state index contributed by atoms with van der Waals surface area (Å²) in [6, 6.07) is 15.6. The summed E-state index contributed by atoms with van der Waals surface area (Å²) in [5, 5.41) is 3.81. The summed E-state index contributed by atoms with van der Waals surface area (Å²) < 4.78 is 10.0. The normalized spacial score (nSPS) is 28.7. The van der Waals surface area contributed by atoms with Crippen LogP contribution in [0.5, 0.6) is 0 Å². The Morgan fingerprint density at radius 2 is 1.79 bits per heavy atom. The molecule has 144 valence electrons. The van der Waals surface area contributed by atoms with Gasteiger partial charge in [-0.3, -0.25) is 19.7 Å². The second-order valence-corrected chi connectivity index (χ2v) is 7.48. The molecule has 7 heteroatoms. The summed E-state index contributed by atoms with van der Waals surface area (Å²) in [6.07, 6.45) is 0.189. The Bertz CT molecular complexity index is 930. The van der Waals surface area contributed by atoms with Crippen LogP contribution in [0.2, 0.25) is 5.02 Å². The zero-order chi connectivity index (χ0) is 19.9. The third kappa shape index (κ3) is 2.89. The molecule has 4 rings (SSSR count). The highest BCUT2D eigenvalue weighted by Crippen LogP contribution is 2.49. The number of hydrogen-bond acceptors (Lipinski definition) is 6. The average Bonchev–Trinajstić information content (AvgIpc) is 3.20. The Kier molecular flexibility index (Phi) is 4.69. The van der Waals surface area contributed by atoms with E-state index in [0.29, 0.717) is 5.02 Å². The zero-order valence-electron chi connectivity index (χ0n) is 15.1. The highest BCUT2D eigenvalue weighted by molar-refractivity contribution is 6.30. The fourth-order valence-corrected chi connectivity index (χ4v) is 4.41. The molecule has 6 nitrogen and oxygen atoms in total. The van der Waals surface area contributed by atoms with E-state index in [9.17, 15) is 14.4 Å². The number of fused-ring (bicyclic) bond motifs is 1. The van der Waals surface area contributed by atoms with Gasteiger partial charge in [-0.25, -0.2) is 0 Å². The van der Waals surface area contributed by atoms with E-state index in [1.807, 2.05) is 30.3 Å². The Morgan fingerprint density at radius 1 is 1.11 bits per heavy atom. The van der Waals surface area contributed by atoms with Crippen LogP contribution >= 0.6 is 11.6 Å². The molecule has 2 aliphatic heterocycles. The van der Waals surface area contributed by atoms with Crippen LogP contribution in [0.3, 0.4) is 0 Å². The van der Waals surface area contributed by atoms with Gasteiger partial charge in [-0.05, 0) is 23.3 Å². The van der Waals surface area contributed by atoms with Gasteiger partial charge in [0.1, 0.15) is 11.5 Å². The molecule has 0 radical (unpaired) electrons. The lowest BCUT2D eigenvalue weighted by Gasteiger charge is -2.31. The average molecular weight is 400 g/mol. The van der Waals surface area contributed by atoms with Crippen LogP contribution in [0.4, 0.5) is 0 Å². The molecule has 2 saturated heterocycles. The molecule has 2 aliphatic rings. The summed E-state index contributed by atoms with van der Waals surface area (Å²) in [4.78, 5) is 38.1. The number of rotatable bonds is 4. The minimum Gasteiger partial charge on any atom is -0.468 e. The number of methoxy groups -OCH3 is 1. The van der Waals surface area contributed by atoms with E-state index >= 15 is 0 Å². The van der Waals surface area contributed by atoms with Gasteiger partial charge in [-0.15, -0.1) is 0 Å². The van der Waals surface area contributed by atoms with E-state index in [1.165, 1.54) is 7.11 Å². The fourth-order valence-electron chi connectivity index (χ4n) is 4.29. The highest BCUT2D eigenvalue weighted by Gasteiger charge is 2.68. The van der Waals surface area contributed by atoms with Crippen molar-refractivity contribution in [3.8, 4) is 0 Å². The first-order valence-corrected chi connectivity index (χ1v) is 9.25. The van der Waals surface area contributed by atoms with Crippen molar-refractivity contribution in [2.45, 2.75) is 18.0 Å². The topological polar surface area (TPSA) is 81.7 Å². The number of nitrogens with one attached hydrogen (secondary N) is 1. The number of esters is 3. The predicted molar refractivity (Wildman–Crippen MR) is 100 cm³/mol. The van der Waals surface area contributed by atoms with Gasteiger partial charge in [0.15, 0.2) is 0 Å². The first kappa shape index (κ1) is 18.7. The summed E-state index contributed by atoms with van der Waals surface area (Å²) in [5.74, 6) is -3.75. The monoisotopic (exact) mass is 399 g/mol. The SMILES string of the molecule is COC(=O)[C@]1(Cc2ccccc2)N[C@@H](c2ccc(Cl)cc2)[C@H]2C(=O)OC(=O)[C@H]21. The van der Waals surface area contributed by atoms with E-state index in [1.54, 1.807) is 24.3 Å². The Hall–Kier alpha value is -2.70. The van der Waals surface area contributed by atoms with Gasteiger partial charge in [-0.1, -0.05) is 54.1 Å². The first-order valence-electron chi connectivity index (χ1n) is 8.87. The van der Waals surface area contributed by atoms with Crippen LogP contribution in [0.1, 0.15) is 17.2 Å². The maximum Gasteiger partial charge on any atom is 0.327 e. The second-order valence-electron chi connectivity index (χ2n) is 7.04. The molecule has 0 unspecified atom stereocenters. The van der Waals surface area contributed by atoms with Crippen molar-refractivity contribution >= 4 is 29.5 Å². The van der Waals surface area contributed by atoms with Crippen molar-refractivity contribution in [3.05, 3.63) is 70.7 Å². The molecule has 0 amide bonds. The van der Waals surface area contributed by atoms with Crippen LogP contribution in [-0.4, -0.2) is 30.6 Å². The lowest BCUT2D eigenvalue weighted by molar-refractivity contribution is -0.160. The zero-order valence-corrected chi connectivity index (χ0v) is 15.8. The predicted octanol–water partition coefficient (Wildman–Crippen LogP) is 2.45. The molecular formula is C21H18ClNO5. The third-order valence-corrected chi connectivity index (χ3v) is 5.75. The quantitative estimate of drug-likeness (QED) is 0.628. The number of halogens is 1. The summed E-state index contributed by atoms with van der Waals surface area (Å²) in [7, 11) is 1.27. The first-order chi connectivity index (χ1) is 13.5. The van der Waals surface area contributed by atoms with Crippen molar-refractivity contribution in [2.75, 3.05) is 7.11 Å². The molecule has 0 spiro atoms. The maximum atomic E-state index is 12.9. The van der Waals surface area contributed by atoms with E-state index in [-0.39, 0.29) is 6.42 Å². The van der Waals surface area contributed by atoms with Crippen molar-refractivity contribution in [1.29, 1.82) is 0 Å². The minimum absolute atomic E-state index is 0.189. The summed E-state index contributed by atoms with van der Waals surface area (Å²) in [6.45, 7) is 0. The molecule has 1 N–H and O–H groups in total. The molecule has 0 saturated carbocycles. The molecule has 0 aliphatic carbocycles. The molecule has 2 heterocycles. The molecule has 4 atom stereocenters. The Balaban J connectivity index is 1.83. The smallest absolute Gasteiger partial charge is 0.327 e. The van der Waals surface area contributed by atoms with E-state index in [0.717, 1.165) is 11.1 Å². The Morgan fingerprint density at radius 3 is 2.43 bits per heavy atom. The van der Waals surface area contributed by atoms with E-state index in [4.69, 9.17) is 21.1 Å². The number of benzene rings is 2. The maximum absolute atomic E-state index is 12.9. The highest BCUT2D eigenvalue weighted by atomic mass is 35.5. The number of carbonyl (C=O) groups is 3. The number of cyclic esters (lactones) is 2. The van der Waals surface area contributed by atoms with Gasteiger partial charge in [0.25, 0.3) is 0 Å². The summed E-state index contributed by atoms with van der Waals surface area (Å²) >= 11 is 5.98. The molecule has 2 aromatic rings. The standard InChI is InChI=1S/C21H18ClNO5/c1-27-20(26)21(11-12-5-3-2-4-6-12)16-15(18(24)28-19(16)25)17(23-21)13-7-9-14(22)10-8-13/h2-10,15-17,23H,11H2,1H3/t15-,16-,17-,21+/m0/s1. The van der Waals surface area contributed by atoms with Gasteiger partial charge >= 0.3 is 17.9 Å². The van der Waals surface area contributed by atoms with Crippen LogP contribution in [0.25, 0.3) is 0 Å². The lowest BCUT2D eigenvalue weighted by atomic mass is 9.76. The fraction of sp³-hybridized carbons (Fsp3) is 0.286. The molecule has 2 aromatic carbocycles. The molecule has 0 aromatic heterocycles. The van der Waals surface area contributed by atoms with Gasteiger partial charge in [-0.2, -0.15) is 0 Å². The number of ether oxygens (including phenoxy) is 2. The largest absolute Gasteiger partial charge is 0.468 e. The van der Waals surface area contributed by atoms with E-state index in [2.05, 4.69) is 5.32 Å². The van der Waals surface area contributed by atoms with Crippen molar-refractivity contribution in [2.24, 2.45) is 11.8 Å². The van der Waals surface area contributed by atoms with Crippen LogP contribution < -0.4 is 5.32 Å². The third-order valence-electron chi connectivity index (χ3n) is 5.49. The van der Waals surface area contributed by atoms with Gasteiger partial charge in [0.2, 0.25) is 0 Å². The van der Waals surface area contributed by atoms with Crippen LogP contribution in [0.15, 0.2) is 54.6 Å². The van der Waals surface area contributed by atoms with Crippen LogP contribution in [0, 0.1) is 11.8 Å². The van der Waals surface area contributed by atoms with Gasteiger partial charge < -0.3 is 9.47 Å². The molecule has 0 bridgehead atoms. The van der Waals surface area contributed by atoms with E-state index < -0.39 is 41.3 Å². The van der Waals surface area contributed by atoms with Crippen LogP contribution in [-0.2, 0) is 30.3 Å². The van der Waals surface area contributed by atoms with Crippen molar-refractivity contribution < 1.29 is 23.9 Å². The van der Waals surface area contributed by atoms with Crippen molar-refractivity contribution in [1.82, 2.24) is 5.32 Å². The molecule has 28 heavy (non-hydrogen) atoms. The van der Waals surface area contributed by atoms with Gasteiger partial charge in [0.05, 0.1) is 13.0 Å². The Labute approximate surface area is 166 Å².